The monoisotopic (exact) mass is 498 g/mol. The number of fused-ring (bicyclic) bond motifs is 3. The van der Waals surface area contributed by atoms with Crippen molar-refractivity contribution in [1.29, 1.82) is 0 Å². The van der Waals surface area contributed by atoms with E-state index in [0.717, 1.165) is 25.9 Å². The van der Waals surface area contributed by atoms with Gasteiger partial charge in [0.15, 0.2) is 0 Å². The van der Waals surface area contributed by atoms with E-state index in [-0.39, 0.29) is 16.9 Å². The SMILES string of the molecule is CC(C)c1ccc2c(c1)CCC1[C@@](C)(C=NOC3CCNCC3)CCC[C@]21C.O=C(O)/C=C/C(=O)O. The Morgan fingerprint density at radius 3 is 2.36 bits per heavy atom. The topological polar surface area (TPSA) is 108 Å². The van der Waals surface area contributed by atoms with Gasteiger partial charge in [-0.05, 0) is 85.6 Å². The fraction of sp³-hybridized carbons (Fsp3) is 0.621. The molecule has 3 atom stereocenters. The maximum atomic E-state index is 9.55. The van der Waals surface area contributed by atoms with Crippen molar-refractivity contribution in [3.05, 3.63) is 47.0 Å². The number of nitrogens with one attached hydrogen (secondary N) is 1. The van der Waals surface area contributed by atoms with E-state index in [2.05, 4.69) is 62.6 Å². The van der Waals surface area contributed by atoms with Gasteiger partial charge in [0.05, 0.1) is 0 Å². The van der Waals surface area contributed by atoms with Crippen LogP contribution in [-0.4, -0.2) is 47.6 Å². The second-order valence-electron chi connectivity index (χ2n) is 11.2. The summed E-state index contributed by atoms with van der Waals surface area (Å²) < 4.78 is 0. The standard InChI is InChI=1S/C25H38N2O.C4H4O4/c1-18(2)19-6-8-22-20(16-19)7-9-23-24(3,12-5-13-25(22,23)4)17-27-28-21-10-14-26-15-11-21;5-3(6)1-2-4(7)8/h6,8,16-18,21,23,26H,5,7,9-15H2,1-4H3;1-2H,(H,5,6)(H,7,8)/b;2-1+/t23?,24-,25-;/m1./s1. The van der Waals surface area contributed by atoms with E-state index in [0.29, 0.717) is 24.0 Å². The summed E-state index contributed by atoms with van der Waals surface area (Å²) in [6.45, 7) is 11.6. The van der Waals surface area contributed by atoms with E-state index in [1.807, 2.05) is 0 Å². The summed E-state index contributed by atoms with van der Waals surface area (Å²) in [6, 6.07) is 7.31. The lowest BCUT2D eigenvalue weighted by Gasteiger charge is -2.54. The molecule has 4 rings (SSSR count). The number of oxime groups is 1. The molecule has 36 heavy (non-hydrogen) atoms. The van der Waals surface area contributed by atoms with E-state index in [1.54, 1.807) is 11.1 Å². The van der Waals surface area contributed by atoms with Gasteiger partial charge in [0.2, 0.25) is 0 Å². The first-order chi connectivity index (χ1) is 17.0. The zero-order valence-electron chi connectivity index (χ0n) is 22.1. The number of carbonyl (C=O) groups is 2. The molecule has 2 aliphatic carbocycles. The lowest BCUT2D eigenvalue weighted by molar-refractivity contribution is -0.134. The third-order valence-corrected chi connectivity index (χ3v) is 8.30. The van der Waals surface area contributed by atoms with Crippen molar-refractivity contribution in [2.24, 2.45) is 16.5 Å². The number of hydrogen-bond acceptors (Lipinski definition) is 5. The van der Waals surface area contributed by atoms with Crippen LogP contribution in [0.3, 0.4) is 0 Å². The summed E-state index contributed by atoms with van der Waals surface area (Å²) >= 11 is 0. The summed E-state index contributed by atoms with van der Waals surface area (Å²) in [5.74, 6) is -1.27. The number of nitrogens with zero attached hydrogens (tertiary/aromatic N) is 1. The summed E-state index contributed by atoms with van der Waals surface area (Å²) in [7, 11) is 0. The molecule has 1 saturated carbocycles. The molecule has 3 N–H and O–H groups in total. The van der Waals surface area contributed by atoms with Gasteiger partial charge in [0.25, 0.3) is 0 Å². The Kier molecular flexibility index (Phi) is 9.34. The largest absolute Gasteiger partial charge is 0.478 e. The predicted octanol–water partition coefficient (Wildman–Crippen LogP) is 5.29. The van der Waals surface area contributed by atoms with Gasteiger partial charge < -0.3 is 20.4 Å². The van der Waals surface area contributed by atoms with Crippen molar-refractivity contribution in [3.63, 3.8) is 0 Å². The van der Waals surface area contributed by atoms with Gasteiger partial charge in [0.1, 0.15) is 6.10 Å². The van der Waals surface area contributed by atoms with Gasteiger partial charge >= 0.3 is 11.9 Å². The van der Waals surface area contributed by atoms with Crippen LogP contribution in [-0.2, 0) is 26.3 Å². The highest BCUT2D eigenvalue weighted by Gasteiger charge is 2.51. The second kappa shape index (κ2) is 12.0. The van der Waals surface area contributed by atoms with Crippen molar-refractivity contribution in [2.45, 2.75) is 90.1 Å². The molecule has 0 bridgehead atoms. The van der Waals surface area contributed by atoms with E-state index >= 15 is 0 Å². The van der Waals surface area contributed by atoms with Crippen LogP contribution in [0.1, 0.15) is 88.8 Å². The summed E-state index contributed by atoms with van der Waals surface area (Å²) in [6.07, 6.45) is 12.0. The third kappa shape index (κ3) is 6.75. The van der Waals surface area contributed by atoms with Crippen LogP contribution < -0.4 is 5.32 Å². The molecule has 0 spiro atoms. The number of aliphatic carboxylic acids is 2. The number of carboxylic acid groups (broad SMARTS) is 2. The van der Waals surface area contributed by atoms with E-state index in [9.17, 15) is 9.59 Å². The van der Waals surface area contributed by atoms with Crippen molar-refractivity contribution in [2.75, 3.05) is 13.1 Å². The predicted molar refractivity (Wildman–Crippen MR) is 142 cm³/mol. The van der Waals surface area contributed by atoms with E-state index in [1.165, 1.54) is 37.7 Å². The number of carboxylic acids is 2. The molecule has 2 fully saturated rings. The molecule has 0 amide bonds. The summed E-state index contributed by atoms with van der Waals surface area (Å²) in [4.78, 5) is 25.0. The van der Waals surface area contributed by atoms with Crippen LogP contribution in [0.5, 0.6) is 0 Å². The fourth-order valence-electron chi connectivity index (χ4n) is 6.35. The Morgan fingerprint density at radius 2 is 1.75 bits per heavy atom. The maximum Gasteiger partial charge on any atom is 0.328 e. The number of aryl methyl sites for hydroxylation is 1. The average molecular weight is 499 g/mol. The molecular formula is C29H42N2O5. The molecule has 1 aliphatic heterocycles. The Hall–Kier alpha value is -2.67. The van der Waals surface area contributed by atoms with Gasteiger partial charge in [-0.2, -0.15) is 0 Å². The molecule has 0 radical (unpaired) electrons. The van der Waals surface area contributed by atoms with Crippen molar-refractivity contribution in [3.8, 4) is 0 Å². The molecule has 7 heteroatoms. The van der Waals surface area contributed by atoms with Crippen molar-refractivity contribution in [1.82, 2.24) is 5.32 Å². The van der Waals surface area contributed by atoms with Gasteiger partial charge in [-0.3, -0.25) is 0 Å². The molecular weight excluding hydrogens is 456 g/mol. The molecule has 1 aromatic carbocycles. The fourth-order valence-corrected chi connectivity index (χ4v) is 6.35. The number of rotatable bonds is 6. The Bertz CT molecular complexity index is 966. The quantitative estimate of drug-likeness (QED) is 0.280. The summed E-state index contributed by atoms with van der Waals surface area (Å²) in [5, 5.41) is 23.6. The molecule has 1 aromatic rings. The van der Waals surface area contributed by atoms with Crippen LogP contribution in [0, 0.1) is 11.3 Å². The Labute approximate surface area is 215 Å². The molecule has 1 unspecified atom stereocenters. The Balaban J connectivity index is 0.000000392. The first-order valence-corrected chi connectivity index (χ1v) is 13.2. The minimum Gasteiger partial charge on any atom is -0.478 e. The first kappa shape index (κ1) is 27.9. The van der Waals surface area contributed by atoms with Crippen LogP contribution in [0.4, 0.5) is 0 Å². The van der Waals surface area contributed by atoms with E-state index < -0.39 is 11.9 Å². The van der Waals surface area contributed by atoms with Crippen LogP contribution in [0.2, 0.25) is 0 Å². The molecule has 1 saturated heterocycles. The first-order valence-electron chi connectivity index (χ1n) is 13.2. The molecule has 7 nitrogen and oxygen atoms in total. The smallest absolute Gasteiger partial charge is 0.328 e. The third-order valence-electron chi connectivity index (χ3n) is 8.30. The molecule has 198 valence electrons. The van der Waals surface area contributed by atoms with Gasteiger partial charge in [-0.15, -0.1) is 0 Å². The van der Waals surface area contributed by atoms with Crippen LogP contribution in [0.25, 0.3) is 0 Å². The Morgan fingerprint density at radius 1 is 1.08 bits per heavy atom. The highest BCUT2D eigenvalue weighted by atomic mass is 16.6. The van der Waals surface area contributed by atoms with Crippen molar-refractivity contribution >= 4 is 18.2 Å². The molecule has 0 aromatic heterocycles. The van der Waals surface area contributed by atoms with Gasteiger partial charge in [-0.1, -0.05) is 57.5 Å². The molecule has 3 aliphatic rings. The summed E-state index contributed by atoms with van der Waals surface area (Å²) in [5.41, 5.74) is 5.07. The molecule has 1 heterocycles. The maximum absolute atomic E-state index is 9.55. The lowest BCUT2D eigenvalue weighted by Crippen LogP contribution is -2.49. The highest BCUT2D eigenvalue weighted by molar-refractivity contribution is 5.89. The average Bonchev–Trinajstić information content (AvgIpc) is 2.83. The van der Waals surface area contributed by atoms with Gasteiger partial charge in [0, 0.05) is 23.8 Å². The minimum atomic E-state index is -1.26. The minimum absolute atomic E-state index is 0.133. The zero-order chi connectivity index (χ0) is 26.3. The number of hydrogen-bond donors (Lipinski definition) is 3. The lowest BCUT2D eigenvalue weighted by atomic mass is 9.50. The zero-order valence-corrected chi connectivity index (χ0v) is 22.1. The van der Waals surface area contributed by atoms with Crippen LogP contribution in [0.15, 0.2) is 35.5 Å². The normalized spacial score (nSPS) is 28.3. The van der Waals surface area contributed by atoms with Crippen LogP contribution >= 0.6 is 0 Å². The highest BCUT2D eigenvalue weighted by Crippen LogP contribution is 2.56. The second-order valence-corrected chi connectivity index (χ2v) is 11.2. The number of benzene rings is 1. The van der Waals surface area contributed by atoms with Gasteiger partial charge in [-0.25, -0.2) is 9.59 Å². The van der Waals surface area contributed by atoms with Crippen molar-refractivity contribution < 1.29 is 24.6 Å². The number of piperidine rings is 1. The van der Waals surface area contributed by atoms with E-state index in [4.69, 9.17) is 15.1 Å².